The third kappa shape index (κ3) is 4.41. The largest absolute Gasteiger partial charge is 0.486 e. The van der Waals surface area contributed by atoms with Crippen molar-refractivity contribution in [2.24, 2.45) is 0 Å². The van der Waals surface area contributed by atoms with Gasteiger partial charge in [0.15, 0.2) is 17.2 Å². The number of sulfonamides is 1. The van der Waals surface area contributed by atoms with E-state index in [0.29, 0.717) is 58.3 Å². The Kier molecular flexibility index (Phi) is 6.06. The van der Waals surface area contributed by atoms with Crippen molar-refractivity contribution in [3.05, 3.63) is 72.3 Å². The highest BCUT2D eigenvalue weighted by molar-refractivity contribution is 8.23. The molecule has 0 radical (unpaired) electrons. The summed E-state index contributed by atoms with van der Waals surface area (Å²) in [5, 5.41) is 11.5. The Morgan fingerprint density at radius 3 is 2.62 bits per heavy atom. The molecule has 0 amide bonds. The Hall–Kier alpha value is -2.93. The Bertz CT molecular complexity index is 1320. The minimum Gasteiger partial charge on any atom is -0.486 e. The Morgan fingerprint density at radius 2 is 1.88 bits per heavy atom. The SMILES string of the molecule is O=S(=O)(Nc1ccc(C2(O)CSC(=S)N2Cc2cnccn2)cc1)c1ccc2c(c1)OCCO2. The highest BCUT2D eigenvalue weighted by atomic mass is 32.2. The predicted molar refractivity (Wildman–Crippen MR) is 131 cm³/mol. The van der Waals surface area contributed by atoms with Gasteiger partial charge in [-0.2, -0.15) is 0 Å². The van der Waals surface area contributed by atoms with Gasteiger partial charge < -0.3 is 19.5 Å². The third-order valence-electron chi connectivity index (χ3n) is 5.42. The van der Waals surface area contributed by atoms with Crippen LogP contribution in [0, 0.1) is 0 Å². The molecule has 3 aromatic rings. The molecular weight excluding hydrogens is 496 g/mol. The molecule has 2 aromatic carbocycles. The van der Waals surface area contributed by atoms with Crippen molar-refractivity contribution in [1.82, 2.24) is 14.9 Å². The normalized spacial score (nSPS) is 19.8. The molecule has 9 nitrogen and oxygen atoms in total. The maximum atomic E-state index is 12.9. The first-order chi connectivity index (χ1) is 16.3. The second-order valence-corrected chi connectivity index (χ2v) is 10.9. The molecule has 2 aliphatic rings. The van der Waals surface area contributed by atoms with Crippen molar-refractivity contribution in [1.29, 1.82) is 0 Å². The minimum atomic E-state index is -3.85. The van der Waals surface area contributed by atoms with Crippen LogP contribution in [-0.4, -0.2) is 51.7 Å². The van der Waals surface area contributed by atoms with Gasteiger partial charge >= 0.3 is 0 Å². The molecule has 0 aliphatic carbocycles. The van der Waals surface area contributed by atoms with E-state index in [9.17, 15) is 13.5 Å². The molecule has 176 valence electrons. The summed E-state index contributed by atoms with van der Waals surface area (Å²) in [7, 11) is -3.85. The monoisotopic (exact) mass is 516 g/mol. The van der Waals surface area contributed by atoms with Gasteiger partial charge in [0.25, 0.3) is 10.0 Å². The van der Waals surface area contributed by atoms with Crippen LogP contribution in [-0.2, 0) is 22.3 Å². The van der Waals surface area contributed by atoms with Gasteiger partial charge in [0.2, 0.25) is 0 Å². The first-order valence-corrected chi connectivity index (χ1v) is 13.2. The molecule has 1 atom stereocenters. The van der Waals surface area contributed by atoms with E-state index >= 15 is 0 Å². The van der Waals surface area contributed by atoms with E-state index in [0.717, 1.165) is 0 Å². The zero-order valence-electron chi connectivity index (χ0n) is 17.7. The predicted octanol–water partition coefficient (Wildman–Crippen LogP) is 2.73. The summed E-state index contributed by atoms with van der Waals surface area (Å²) in [5.74, 6) is 1.25. The molecule has 3 heterocycles. The molecular formula is C22H20N4O5S3. The fourth-order valence-electron chi connectivity index (χ4n) is 3.69. The van der Waals surface area contributed by atoms with Crippen LogP contribution in [0.5, 0.6) is 11.5 Å². The van der Waals surface area contributed by atoms with Gasteiger partial charge in [-0.1, -0.05) is 36.1 Å². The lowest BCUT2D eigenvalue weighted by Crippen LogP contribution is -2.44. The van der Waals surface area contributed by atoms with Crippen molar-refractivity contribution < 1.29 is 23.0 Å². The van der Waals surface area contributed by atoms with E-state index in [-0.39, 0.29) is 4.90 Å². The van der Waals surface area contributed by atoms with E-state index in [2.05, 4.69) is 14.7 Å². The second kappa shape index (κ2) is 9.02. The van der Waals surface area contributed by atoms with Crippen molar-refractivity contribution in [2.75, 3.05) is 23.7 Å². The summed E-state index contributed by atoms with van der Waals surface area (Å²) in [6.07, 6.45) is 4.79. The zero-order chi connectivity index (χ0) is 23.8. The van der Waals surface area contributed by atoms with Crippen LogP contribution in [0.4, 0.5) is 5.69 Å². The Balaban J connectivity index is 1.35. The number of aliphatic hydroxyl groups is 1. The molecule has 1 aromatic heterocycles. The van der Waals surface area contributed by atoms with Crippen LogP contribution in [0.15, 0.2) is 66.0 Å². The summed E-state index contributed by atoms with van der Waals surface area (Å²) in [4.78, 5) is 10.1. The fraction of sp³-hybridized carbons (Fsp3) is 0.227. The maximum absolute atomic E-state index is 12.9. The molecule has 1 fully saturated rings. The summed E-state index contributed by atoms with van der Waals surface area (Å²) in [6, 6.07) is 11.1. The molecule has 12 heteroatoms. The van der Waals surface area contributed by atoms with Crippen LogP contribution in [0.25, 0.3) is 0 Å². The van der Waals surface area contributed by atoms with E-state index in [4.69, 9.17) is 21.7 Å². The Labute approximate surface area is 206 Å². The molecule has 0 spiro atoms. The first-order valence-electron chi connectivity index (χ1n) is 10.3. The summed E-state index contributed by atoms with van der Waals surface area (Å²) >= 11 is 6.83. The Morgan fingerprint density at radius 1 is 1.12 bits per heavy atom. The minimum absolute atomic E-state index is 0.0622. The topological polar surface area (TPSA) is 114 Å². The second-order valence-electron chi connectivity index (χ2n) is 7.64. The van der Waals surface area contributed by atoms with E-state index in [1.54, 1.807) is 53.8 Å². The number of nitrogens with one attached hydrogen (secondary N) is 1. The quantitative estimate of drug-likeness (QED) is 0.474. The lowest BCUT2D eigenvalue weighted by molar-refractivity contribution is -0.0513. The van der Waals surface area contributed by atoms with Gasteiger partial charge in [-0.15, -0.1) is 0 Å². The highest BCUT2D eigenvalue weighted by Crippen LogP contribution is 2.40. The molecule has 0 saturated carbocycles. The van der Waals surface area contributed by atoms with Crippen molar-refractivity contribution in [2.45, 2.75) is 17.2 Å². The van der Waals surface area contributed by atoms with E-state index in [1.165, 1.54) is 23.9 Å². The number of fused-ring (bicyclic) bond motifs is 1. The molecule has 1 saturated heterocycles. The van der Waals surface area contributed by atoms with Gasteiger partial charge in [-0.05, 0) is 24.3 Å². The first kappa shape index (κ1) is 22.8. The number of hydrogen-bond acceptors (Lipinski definition) is 9. The van der Waals surface area contributed by atoms with Crippen molar-refractivity contribution >= 4 is 44.0 Å². The number of thiocarbonyl (C=S) groups is 1. The van der Waals surface area contributed by atoms with Crippen LogP contribution < -0.4 is 14.2 Å². The van der Waals surface area contributed by atoms with E-state index in [1.807, 2.05) is 0 Å². The smallest absolute Gasteiger partial charge is 0.262 e. The lowest BCUT2D eigenvalue weighted by atomic mass is 10.0. The van der Waals surface area contributed by atoms with E-state index < -0.39 is 15.7 Å². The average Bonchev–Trinajstić information content (AvgIpc) is 3.14. The number of ether oxygens (including phenoxy) is 2. The van der Waals surface area contributed by atoms with Gasteiger partial charge in [-0.3, -0.25) is 14.7 Å². The molecule has 2 N–H and O–H groups in total. The number of aromatic nitrogens is 2. The van der Waals surface area contributed by atoms with Gasteiger partial charge in [0.05, 0.1) is 29.1 Å². The molecule has 5 rings (SSSR count). The summed E-state index contributed by atoms with van der Waals surface area (Å²) in [5.41, 5.74) is 0.267. The van der Waals surface area contributed by atoms with Gasteiger partial charge in [0.1, 0.15) is 17.5 Å². The zero-order valence-corrected chi connectivity index (χ0v) is 20.2. The van der Waals surface area contributed by atoms with Crippen LogP contribution >= 0.6 is 24.0 Å². The number of thioether (sulfide) groups is 1. The molecule has 34 heavy (non-hydrogen) atoms. The lowest BCUT2D eigenvalue weighted by Gasteiger charge is -2.34. The maximum Gasteiger partial charge on any atom is 0.262 e. The molecule has 2 aliphatic heterocycles. The van der Waals surface area contributed by atoms with Crippen LogP contribution in [0.1, 0.15) is 11.3 Å². The number of rotatable bonds is 6. The number of benzene rings is 2. The third-order valence-corrected chi connectivity index (χ3v) is 8.39. The number of nitrogens with zero attached hydrogens (tertiary/aromatic N) is 3. The van der Waals surface area contributed by atoms with Gasteiger partial charge in [0, 0.05) is 29.7 Å². The average molecular weight is 517 g/mol. The molecule has 1 unspecified atom stereocenters. The van der Waals surface area contributed by atoms with Gasteiger partial charge in [-0.25, -0.2) is 8.42 Å². The number of anilines is 1. The summed E-state index contributed by atoms with van der Waals surface area (Å²) < 4.78 is 39.8. The van der Waals surface area contributed by atoms with Crippen molar-refractivity contribution in [3.8, 4) is 11.5 Å². The van der Waals surface area contributed by atoms with Crippen LogP contribution in [0.2, 0.25) is 0 Å². The number of hydrogen-bond donors (Lipinski definition) is 2. The summed E-state index contributed by atoms with van der Waals surface area (Å²) in [6.45, 7) is 1.09. The standard InChI is InChI=1S/C22H20N4O5S3/c27-22(14-33-21(32)26(22)13-17-12-23-7-8-24-17)15-1-3-16(4-2-15)25-34(28,29)18-5-6-19-20(11-18)31-10-9-30-19/h1-8,11-12,25,27H,9-10,13-14H2. The van der Waals surface area contributed by atoms with Crippen molar-refractivity contribution in [3.63, 3.8) is 0 Å². The fourth-order valence-corrected chi connectivity index (χ4v) is 6.17. The van der Waals surface area contributed by atoms with Crippen LogP contribution in [0.3, 0.4) is 0 Å². The highest BCUT2D eigenvalue weighted by Gasteiger charge is 2.44. The molecule has 0 bridgehead atoms.